The highest BCUT2D eigenvalue weighted by Gasteiger charge is 2.20. The lowest BCUT2D eigenvalue weighted by molar-refractivity contribution is -0.132. The Morgan fingerprint density at radius 1 is 1.26 bits per heavy atom. The number of aryl methyl sites for hydroxylation is 1. The van der Waals surface area contributed by atoms with E-state index in [0.717, 1.165) is 18.2 Å². The van der Waals surface area contributed by atoms with E-state index in [1.807, 2.05) is 0 Å². The fourth-order valence-electron chi connectivity index (χ4n) is 2.30. The molecule has 1 aromatic carbocycles. The van der Waals surface area contributed by atoms with Gasteiger partial charge in [-0.3, -0.25) is 9.59 Å². The first-order valence-corrected chi connectivity index (χ1v) is 7.26. The molecular formula is C17H18F2N2O2. The molecule has 1 amide bonds. The molecule has 0 N–H and O–H groups in total. The number of carbonyl (C=O) groups excluding carboxylic acids is 1. The zero-order valence-electron chi connectivity index (χ0n) is 13.0. The Bertz CT molecular complexity index is 758. The second-order valence-electron chi connectivity index (χ2n) is 5.33. The Labute approximate surface area is 133 Å². The number of rotatable bonds is 5. The molecule has 1 aromatic heterocycles. The molecule has 4 nitrogen and oxygen atoms in total. The van der Waals surface area contributed by atoms with Crippen LogP contribution < -0.4 is 5.56 Å². The number of amides is 1. The van der Waals surface area contributed by atoms with Crippen LogP contribution in [0.2, 0.25) is 0 Å². The molecule has 0 saturated carbocycles. The first-order chi connectivity index (χ1) is 10.9. The van der Waals surface area contributed by atoms with Crippen molar-refractivity contribution in [2.75, 3.05) is 7.05 Å². The maximum atomic E-state index is 13.8. The summed E-state index contributed by atoms with van der Waals surface area (Å²) >= 11 is 0. The predicted octanol–water partition coefficient (Wildman–Crippen LogP) is 2.74. The van der Waals surface area contributed by atoms with E-state index < -0.39 is 17.7 Å². The van der Waals surface area contributed by atoms with E-state index in [1.54, 1.807) is 25.3 Å². The van der Waals surface area contributed by atoms with E-state index >= 15 is 0 Å². The maximum absolute atomic E-state index is 13.8. The highest BCUT2D eigenvalue weighted by Crippen LogP contribution is 2.23. The van der Waals surface area contributed by atoms with Gasteiger partial charge in [-0.2, -0.15) is 0 Å². The van der Waals surface area contributed by atoms with E-state index in [1.165, 1.54) is 22.6 Å². The minimum atomic E-state index is -0.606. The van der Waals surface area contributed by atoms with Gasteiger partial charge in [-0.05, 0) is 31.2 Å². The summed E-state index contributed by atoms with van der Waals surface area (Å²) < 4.78 is 28.5. The van der Waals surface area contributed by atoms with Gasteiger partial charge in [-0.15, -0.1) is 0 Å². The molecule has 0 saturated heterocycles. The molecule has 2 rings (SSSR count). The van der Waals surface area contributed by atoms with Crippen LogP contribution in [0.4, 0.5) is 8.78 Å². The zero-order chi connectivity index (χ0) is 17.0. The van der Waals surface area contributed by atoms with E-state index in [2.05, 4.69) is 0 Å². The highest BCUT2D eigenvalue weighted by atomic mass is 19.1. The molecule has 0 spiro atoms. The number of halogens is 2. The summed E-state index contributed by atoms with van der Waals surface area (Å²) in [6, 6.07) is 7.32. The first-order valence-electron chi connectivity index (χ1n) is 7.26. The van der Waals surface area contributed by atoms with E-state index in [-0.39, 0.29) is 30.0 Å². The van der Waals surface area contributed by atoms with Crippen molar-refractivity contribution in [3.05, 3.63) is 70.1 Å². The average molecular weight is 320 g/mol. The van der Waals surface area contributed by atoms with Gasteiger partial charge >= 0.3 is 0 Å². The van der Waals surface area contributed by atoms with Crippen LogP contribution in [0.5, 0.6) is 0 Å². The molecule has 0 aliphatic rings. The largest absolute Gasteiger partial charge is 0.339 e. The summed E-state index contributed by atoms with van der Waals surface area (Å²) in [6.45, 7) is 1.87. The summed E-state index contributed by atoms with van der Waals surface area (Å²) in [5, 5.41) is 0. The first kappa shape index (κ1) is 16.9. The van der Waals surface area contributed by atoms with Gasteiger partial charge in [0.15, 0.2) is 0 Å². The number of nitrogens with zero attached hydrogens (tertiary/aromatic N) is 2. The Kier molecular flexibility index (Phi) is 5.26. The van der Waals surface area contributed by atoms with Crippen LogP contribution in [-0.4, -0.2) is 22.4 Å². The molecule has 0 aliphatic heterocycles. The van der Waals surface area contributed by atoms with Gasteiger partial charge in [0, 0.05) is 37.8 Å². The minimum absolute atomic E-state index is 0.0989. The number of benzene rings is 1. The molecule has 23 heavy (non-hydrogen) atoms. The Hall–Kier alpha value is -2.50. The predicted molar refractivity (Wildman–Crippen MR) is 82.9 cm³/mol. The molecular weight excluding hydrogens is 302 g/mol. The lowest BCUT2D eigenvalue weighted by Gasteiger charge is -2.26. The van der Waals surface area contributed by atoms with Crippen molar-refractivity contribution in [1.82, 2.24) is 9.47 Å². The number of hydrogen-bond donors (Lipinski definition) is 0. The number of carbonyl (C=O) groups is 1. The average Bonchev–Trinajstić information content (AvgIpc) is 2.54. The van der Waals surface area contributed by atoms with Crippen LogP contribution in [0.3, 0.4) is 0 Å². The number of pyridine rings is 1. The second kappa shape index (κ2) is 7.17. The number of aromatic nitrogens is 1. The molecule has 1 heterocycles. The third-order valence-electron chi connectivity index (χ3n) is 3.85. The van der Waals surface area contributed by atoms with Crippen molar-refractivity contribution in [2.45, 2.75) is 25.9 Å². The SMILES string of the molecule is CC(c1cc(F)ccc1F)N(C)C(=O)CCn1ccccc1=O. The molecule has 0 bridgehead atoms. The number of hydrogen-bond acceptors (Lipinski definition) is 2. The summed E-state index contributed by atoms with van der Waals surface area (Å²) in [5.74, 6) is -1.36. The smallest absolute Gasteiger partial charge is 0.250 e. The molecule has 1 atom stereocenters. The van der Waals surface area contributed by atoms with Crippen molar-refractivity contribution in [3.63, 3.8) is 0 Å². The monoisotopic (exact) mass is 320 g/mol. The van der Waals surface area contributed by atoms with Gasteiger partial charge < -0.3 is 9.47 Å². The van der Waals surface area contributed by atoms with Crippen molar-refractivity contribution >= 4 is 5.91 Å². The Morgan fingerprint density at radius 3 is 2.70 bits per heavy atom. The summed E-state index contributed by atoms with van der Waals surface area (Å²) in [6.07, 6.45) is 1.70. The van der Waals surface area contributed by atoms with Crippen LogP contribution in [0, 0.1) is 11.6 Å². The molecule has 6 heteroatoms. The normalized spacial score (nSPS) is 12.0. The van der Waals surface area contributed by atoms with Gasteiger partial charge in [0.2, 0.25) is 5.91 Å². The standard InChI is InChI=1S/C17H18F2N2O2/c1-12(14-11-13(18)6-7-15(14)19)20(2)16(22)8-10-21-9-4-3-5-17(21)23/h3-7,9,11-12H,8,10H2,1-2H3. The zero-order valence-corrected chi connectivity index (χ0v) is 13.0. The molecule has 0 aliphatic carbocycles. The molecule has 1 unspecified atom stereocenters. The lowest BCUT2D eigenvalue weighted by Crippen LogP contribution is -2.31. The minimum Gasteiger partial charge on any atom is -0.339 e. The van der Waals surface area contributed by atoms with Gasteiger partial charge in [-0.25, -0.2) is 8.78 Å². The Balaban J connectivity index is 2.06. The molecule has 0 fully saturated rings. The van der Waals surface area contributed by atoms with Gasteiger partial charge in [0.05, 0.1) is 6.04 Å². The lowest BCUT2D eigenvalue weighted by atomic mass is 10.1. The quantitative estimate of drug-likeness (QED) is 0.850. The van der Waals surface area contributed by atoms with Gasteiger partial charge in [0.1, 0.15) is 11.6 Å². The van der Waals surface area contributed by atoms with Crippen LogP contribution in [0.1, 0.15) is 24.9 Å². The Morgan fingerprint density at radius 2 is 2.00 bits per heavy atom. The van der Waals surface area contributed by atoms with Crippen LogP contribution >= 0.6 is 0 Å². The second-order valence-corrected chi connectivity index (χ2v) is 5.33. The van der Waals surface area contributed by atoms with E-state index in [9.17, 15) is 18.4 Å². The van der Waals surface area contributed by atoms with Gasteiger partial charge in [0.25, 0.3) is 5.56 Å². The van der Waals surface area contributed by atoms with Crippen molar-refractivity contribution in [1.29, 1.82) is 0 Å². The highest BCUT2D eigenvalue weighted by molar-refractivity contribution is 5.76. The topological polar surface area (TPSA) is 42.3 Å². The van der Waals surface area contributed by atoms with Crippen LogP contribution in [0.15, 0.2) is 47.4 Å². The van der Waals surface area contributed by atoms with E-state index in [4.69, 9.17) is 0 Å². The van der Waals surface area contributed by atoms with Crippen molar-refractivity contribution < 1.29 is 13.6 Å². The fraction of sp³-hybridized carbons (Fsp3) is 0.294. The van der Waals surface area contributed by atoms with Crippen LogP contribution in [-0.2, 0) is 11.3 Å². The van der Waals surface area contributed by atoms with Gasteiger partial charge in [-0.1, -0.05) is 6.07 Å². The van der Waals surface area contributed by atoms with Crippen molar-refractivity contribution in [2.24, 2.45) is 0 Å². The third-order valence-corrected chi connectivity index (χ3v) is 3.85. The summed E-state index contributed by atoms with van der Waals surface area (Å²) in [7, 11) is 1.53. The molecule has 2 aromatic rings. The summed E-state index contributed by atoms with van der Waals surface area (Å²) in [4.78, 5) is 25.2. The maximum Gasteiger partial charge on any atom is 0.250 e. The van der Waals surface area contributed by atoms with Crippen LogP contribution in [0.25, 0.3) is 0 Å². The van der Waals surface area contributed by atoms with E-state index in [0.29, 0.717) is 0 Å². The third kappa shape index (κ3) is 4.03. The molecule has 0 radical (unpaired) electrons. The summed E-state index contributed by atoms with van der Waals surface area (Å²) in [5.41, 5.74) is -0.0649. The van der Waals surface area contributed by atoms with Crippen molar-refractivity contribution in [3.8, 4) is 0 Å². The fourth-order valence-corrected chi connectivity index (χ4v) is 2.30. The molecule has 122 valence electrons.